The second kappa shape index (κ2) is 13.5. The summed E-state index contributed by atoms with van der Waals surface area (Å²) < 4.78 is 93.7. The van der Waals surface area contributed by atoms with Crippen LogP contribution in [0, 0.1) is 11.3 Å². The first-order valence-electron chi connectivity index (χ1n) is 15.4. The summed E-state index contributed by atoms with van der Waals surface area (Å²) in [5.41, 5.74) is -4.84. The SMILES string of the molecule is C[C@@H](OCC1(c2ccccc2)CC[C@](C#N)(N2CCCC2=O)CN1C(=O)OCc1ccccc1)c1cc(C(F)(F)F)cc(C(F)(F)F)c1. The van der Waals surface area contributed by atoms with Gasteiger partial charge in [-0.15, -0.1) is 0 Å². The van der Waals surface area contributed by atoms with Gasteiger partial charge in [0.1, 0.15) is 12.1 Å². The minimum Gasteiger partial charge on any atom is -0.445 e. The van der Waals surface area contributed by atoms with Crippen LogP contribution in [-0.2, 0) is 38.8 Å². The number of alkyl halides is 6. The third-order valence-corrected chi connectivity index (χ3v) is 9.07. The lowest BCUT2D eigenvalue weighted by atomic mass is 9.74. The normalized spacial score (nSPS) is 22.3. The van der Waals surface area contributed by atoms with E-state index in [2.05, 4.69) is 6.07 Å². The van der Waals surface area contributed by atoms with Crippen molar-refractivity contribution in [3.63, 3.8) is 0 Å². The molecule has 2 aliphatic rings. The molecule has 3 aromatic rings. The van der Waals surface area contributed by atoms with E-state index < -0.39 is 46.8 Å². The number of carbonyl (C=O) groups is 2. The molecule has 0 spiro atoms. The number of hydrogen-bond acceptors (Lipinski definition) is 5. The van der Waals surface area contributed by atoms with E-state index in [1.54, 1.807) is 60.7 Å². The van der Waals surface area contributed by atoms with Crippen LogP contribution < -0.4 is 0 Å². The Kier molecular flexibility index (Phi) is 9.78. The van der Waals surface area contributed by atoms with Crippen molar-refractivity contribution in [2.45, 2.75) is 68.7 Å². The van der Waals surface area contributed by atoms with Gasteiger partial charge in [-0.2, -0.15) is 31.6 Å². The van der Waals surface area contributed by atoms with Gasteiger partial charge in [0.25, 0.3) is 0 Å². The number of carbonyl (C=O) groups excluding carboxylic acids is 2. The van der Waals surface area contributed by atoms with Gasteiger partial charge in [-0.3, -0.25) is 9.69 Å². The van der Waals surface area contributed by atoms with Crippen molar-refractivity contribution in [1.82, 2.24) is 9.80 Å². The van der Waals surface area contributed by atoms with Crippen LogP contribution in [0.15, 0.2) is 78.9 Å². The molecule has 0 radical (unpaired) electrons. The number of ether oxygens (including phenoxy) is 2. The van der Waals surface area contributed by atoms with Crippen LogP contribution in [0.25, 0.3) is 0 Å². The Balaban J connectivity index is 1.54. The highest BCUT2D eigenvalue weighted by molar-refractivity contribution is 5.80. The summed E-state index contributed by atoms with van der Waals surface area (Å²) in [5, 5.41) is 10.5. The van der Waals surface area contributed by atoms with Gasteiger partial charge < -0.3 is 14.4 Å². The number of halogens is 6. The highest BCUT2D eigenvalue weighted by Gasteiger charge is 2.56. The van der Waals surface area contributed by atoms with Gasteiger partial charge in [0.2, 0.25) is 5.91 Å². The van der Waals surface area contributed by atoms with Gasteiger partial charge in [0.15, 0.2) is 0 Å². The number of likely N-dealkylation sites (tertiary alicyclic amines) is 2. The van der Waals surface area contributed by atoms with Gasteiger partial charge in [0, 0.05) is 13.0 Å². The molecule has 2 heterocycles. The number of rotatable bonds is 8. The molecule has 2 aliphatic heterocycles. The monoisotopic (exact) mass is 673 g/mol. The maximum Gasteiger partial charge on any atom is 0.416 e. The Morgan fingerprint density at radius 1 is 0.938 bits per heavy atom. The van der Waals surface area contributed by atoms with Crippen molar-refractivity contribution < 1.29 is 45.4 Å². The summed E-state index contributed by atoms with van der Waals surface area (Å²) >= 11 is 0. The zero-order valence-electron chi connectivity index (χ0n) is 26.0. The Labute approximate surface area is 273 Å². The second-order valence-electron chi connectivity index (χ2n) is 12.1. The quantitative estimate of drug-likeness (QED) is 0.226. The van der Waals surface area contributed by atoms with Crippen molar-refractivity contribution in [2.24, 2.45) is 0 Å². The number of hydrogen-bond donors (Lipinski definition) is 0. The lowest BCUT2D eigenvalue weighted by Gasteiger charge is -2.53. The van der Waals surface area contributed by atoms with Crippen LogP contribution in [0.2, 0.25) is 0 Å². The fourth-order valence-electron chi connectivity index (χ4n) is 6.40. The van der Waals surface area contributed by atoms with E-state index in [0.29, 0.717) is 36.2 Å². The third kappa shape index (κ3) is 7.13. The smallest absolute Gasteiger partial charge is 0.416 e. The number of nitrogens with zero attached hydrogens (tertiary/aromatic N) is 3. The zero-order valence-corrected chi connectivity index (χ0v) is 26.0. The minimum atomic E-state index is -5.04. The third-order valence-electron chi connectivity index (χ3n) is 9.07. The van der Waals surface area contributed by atoms with Gasteiger partial charge in [-0.25, -0.2) is 4.79 Å². The molecule has 2 saturated heterocycles. The number of amides is 2. The number of benzene rings is 3. The second-order valence-corrected chi connectivity index (χ2v) is 12.1. The fraction of sp³-hybridized carbons (Fsp3) is 0.400. The van der Waals surface area contributed by atoms with Crippen LogP contribution in [0.4, 0.5) is 31.1 Å². The van der Waals surface area contributed by atoms with Crippen LogP contribution in [0.1, 0.15) is 66.5 Å². The first-order chi connectivity index (χ1) is 22.7. The summed E-state index contributed by atoms with van der Waals surface area (Å²) in [6.45, 7) is 0.897. The first kappa shape index (κ1) is 34.8. The molecule has 13 heteroatoms. The molecule has 3 aromatic carbocycles. The summed E-state index contributed by atoms with van der Waals surface area (Å²) in [5.74, 6) is -0.226. The number of nitriles is 1. The van der Waals surface area contributed by atoms with Crippen LogP contribution in [0.5, 0.6) is 0 Å². The van der Waals surface area contributed by atoms with E-state index >= 15 is 0 Å². The van der Waals surface area contributed by atoms with Crippen LogP contribution in [-0.4, -0.2) is 47.0 Å². The largest absolute Gasteiger partial charge is 0.445 e. The van der Waals surface area contributed by atoms with Gasteiger partial charge in [-0.05, 0) is 61.1 Å². The fourth-order valence-corrected chi connectivity index (χ4v) is 6.40. The lowest BCUT2D eigenvalue weighted by Crippen LogP contribution is -2.66. The van der Waals surface area contributed by atoms with E-state index in [1.807, 2.05) is 0 Å². The van der Waals surface area contributed by atoms with Crippen LogP contribution in [0.3, 0.4) is 0 Å². The Morgan fingerprint density at radius 3 is 2.08 bits per heavy atom. The molecule has 2 fully saturated rings. The molecule has 3 atom stereocenters. The van der Waals surface area contributed by atoms with Gasteiger partial charge >= 0.3 is 18.4 Å². The Hall–Kier alpha value is -4.57. The Bertz CT molecular complexity index is 1630. The number of piperidine rings is 1. The standard InChI is InChI=1S/C35H33F6N3O4/c1-24(26-17-28(34(36,37)38)19-29(18-26)35(39,40)41)48-23-33(27-11-6-3-7-12-27)15-14-32(21-42,43-16-8-13-30(43)45)22-44(33)31(46)47-20-25-9-4-2-5-10-25/h2-7,9-12,17-19,24H,8,13-16,20,22-23H2,1H3/t24-,32-,33?/m1/s1. The van der Waals surface area contributed by atoms with Gasteiger partial charge in [-0.1, -0.05) is 60.7 Å². The molecule has 2 amide bonds. The molecule has 48 heavy (non-hydrogen) atoms. The highest BCUT2D eigenvalue weighted by Crippen LogP contribution is 2.46. The molecule has 5 rings (SSSR count). The molecule has 0 saturated carbocycles. The topological polar surface area (TPSA) is 82.9 Å². The summed E-state index contributed by atoms with van der Waals surface area (Å²) in [6.07, 6.45) is -11.2. The van der Waals surface area contributed by atoms with Crippen molar-refractivity contribution in [3.05, 3.63) is 107 Å². The van der Waals surface area contributed by atoms with E-state index in [1.165, 1.54) is 16.7 Å². The van der Waals surface area contributed by atoms with Crippen LogP contribution >= 0.6 is 0 Å². The molecular weight excluding hydrogens is 640 g/mol. The molecular formula is C35H33F6N3O4. The van der Waals surface area contributed by atoms with Crippen molar-refractivity contribution in [2.75, 3.05) is 19.7 Å². The van der Waals surface area contributed by atoms with Crippen molar-refractivity contribution in [3.8, 4) is 6.07 Å². The summed E-state index contributed by atoms with van der Waals surface area (Å²) in [4.78, 5) is 29.7. The molecule has 0 aliphatic carbocycles. The van der Waals surface area contributed by atoms with E-state index in [4.69, 9.17) is 9.47 Å². The van der Waals surface area contributed by atoms with E-state index in [-0.39, 0.29) is 56.6 Å². The highest BCUT2D eigenvalue weighted by atomic mass is 19.4. The molecule has 0 N–H and O–H groups in total. The summed E-state index contributed by atoms with van der Waals surface area (Å²) in [7, 11) is 0. The summed E-state index contributed by atoms with van der Waals surface area (Å²) in [6, 6.07) is 21.0. The first-order valence-corrected chi connectivity index (χ1v) is 15.4. The molecule has 7 nitrogen and oxygen atoms in total. The zero-order chi connectivity index (χ0) is 34.7. The Morgan fingerprint density at radius 2 is 1.54 bits per heavy atom. The average Bonchev–Trinajstić information content (AvgIpc) is 3.52. The average molecular weight is 674 g/mol. The van der Waals surface area contributed by atoms with Gasteiger partial charge in [0.05, 0.1) is 42.0 Å². The predicted molar refractivity (Wildman–Crippen MR) is 161 cm³/mol. The maximum atomic E-state index is 14.1. The molecule has 1 unspecified atom stereocenters. The van der Waals surface area contributed by atoms with E-state index in [0.717, 1.165) is 0 Å². The van der Waals surface area contributed by atoms with Crippen molar-refractivity contribution >= 4 is 12.0 Å². The molecule has 254 valence electrons. The maximum absolute atomic E-state index is 14.1. The molecule has 0 aromatic heterocycles. The van der Waals surface area contributed by atoms with Crippen molar-refractivity contribution in [1.29, 1.82) is 5.26 Å². The predicted octanol–water partition coefficient (Wildman–Crippen LogP) is 8.01. The lowest BCUT2D eigenvalue weighted by molar-refractivity contribution is -0.143. The van der Waals surface area contributed by atoms with E-state index in [9.17, 15) is 41.2 Å². The molecule has 0 bridgehead atoms. The minimum absolute atomic E-state index is 0.0500.